The van der Waals surface area contributed by atoms with Crippen LogP contribution < -0.4 is 5.56 Å². The van der Waals surface area contributed by atoms with Crippen molar-refractivity contribution in [1.82, 2.24) is 14.0 Å². The smallest absolute Gasteiger partial charge is 0.262 e. The van der Waals surface area contributed by atoms with Crippen LogP contribution in [-0.2, 0) is 17.7 Å². The van der Waals surface area contributed by atoms with Gasteiger partial charge < -0.3 is 9.30 Å². The summed E-state index contributed by atoms with van der Waals surface area (Å²) >= 11 is 0. The van der Waals surface area contributed by atoms with E-state index in [9.17, 15) is 4.79 Å². The minimum atomic E-state index is 0.0530. The summed E-state index contributed by atoms with van der Waals surface area (Å²) in [5.41, 5.74) is 3.66. The Morgan fingerprint density at radius 2 is 2.17 bits per heavy atom. The van der Waals surface area contributed by atoms with E-state index in [0.29, 0.717) is 0 Å². The number of fused-ring (bicyclic) bond motifs is 3. The molecule has 0 aliphatic carbocycles. The molecule has 0 amide bonds. The van der Waals surface area contributed by atoms with Gasteiger partial charge in [-0.15, -0.1) is 0 Å². The first-order valence-corrected chi connectivity index (χ1v) is 8.31. The van der Waals surface area contributed by atoms with E-state index in [2.05, 4.69) is 4.57 Å². The number of nitrogens with zero attached hydrogens (tertiary/aromatic N) is 3. The Bertz CT molecular complexity index is 933. The Hall–Kier alpha value is -2.14. The zero-order valence-corrected chi connectivity index (χ0v) is 13.6. The summed E-state index contributed by atoms with van der Waals surface area (Å²) < 4.78 is 9.73. The van der Waals surface area contributed by atoms with Crippen LogP contribution in [0.2, 0.25) is 0 Å². The standard InChI is InChI=1S/C18H21N3O2/c1-3-14-12(2)20(11-13-7-6-10-23-13)18-19-15-8-4-5-9-16(15)21(18)17(14)22/h4-5,8-9,13H,3,6-7,10-11H2,1-2H3/t13-/m0/s1. The number of hydrogen-bond donors (Lipinski definition) is 0. The lowest BCUT2D eigenvalue weighted by Gasteiger charge is -2.18. The van der Waals surface area contributed by atoms with Crippen LogP contribution in [0.15, 0.2) is 29.1 Å². The summed E-state index contributed by atoms with van der Waals surface area (Å²) in [6.07, 6.45) is 3.11. The molecule has 0 saturated carbocycles. The number of benzene rings is 1. The van der Waals surface area contributed by atoms with Gasteiger partial charge in [0.05, 0.1) is 23.7 Å². The molecule has 2 aromatic heterocycles. The maximum Gasteiger partial charge on any atom is 0.262 e. The topological polar surface area (TPSA) is 48.5 Å². The van der Waals surface area contributed by atoms with Crippen LogP contribution in [0.25, 0.3) is 16.8 Å². The molecule has 0 bridgehead atoms. The van der Waals surface area contributed by atoms with Crippen molar-refractivity contribution in [2.24, 2.45) is 0 Å². The summed E-state index contributed by atoms with van der Waals surface area (Å²) in [6.45, 7) is 5.64. The van der Waals surface area contributed by atoms with Gasteiger partial charge in [-0.1, -0.05) is 19.1 Å². The van der Waals surface area contributed by atoms with Gasteiger partial charge in [0, 0.05) is 17.9 Å². The van der Waals surface area contributed by atoms with Gasteiger partial charge in [-0.3, -0.25) is 4.79 Å². The fourth-order valence-electron chi connectivity index (χ4n) is 3.61. The molecular weight excluding hydrogens is 290 g/mol. The van der Waals surface area contributed by atoms with Crippen molar-refractivity contribution in [3.63, 3.8) is 0 Å². The highest BCUT2D eigenvalue weighted by Gasteiger charge is 2.21. The lowest BCUT2D eigenvalue weighted by atomic mass is 10.1. The fourth-order valence-corrected chi connectivity index (χ4v) is 3.61. The minimum Gasteiger partial charge on any atom is -0.376 e. The normalized spacial score (nSPS) is 18.3. The monoisotopic (exact) mass is 311 g/mol. The first-order chi connectivity index (χ1) is 11.2. The lowest BCUT2D eigenvalue weighted by molar-refractivity contribution is 0.0969. The van der Waals surface area contributed by atoms with Crippen LogP contribution in [0, 0.1) is 6.92 Å². The molecule has 1 fully saturated rings. The molecule has 4 rings (SSSR count). The maximum atomic E-state index is 12.9. The number of ether oxygens (including phenoxy) is 1. The number of para-hydroxylation sites is 2. The largest absolute Gasteiger partial charge is 0.376 e. The van der Waals surface area contributed by atoms with E-state index in [1.807, 2.05) is 38.1 Å². The Labute approximate surface area is 134 Å². The number of hydrogen-bond acceptors (Lipinski definition) is 3. The number of imidazole rings is 1. The molecule has 0 N–H and O–H groups in total. The molecule has 1 aliphatic heterocycles. The summed E-state index contributed by atoms with van der Waals surface area (Å²) in [5, 5.41) is 0. The van der Waals surface area contributed by atoms with Crippen molar-refractivity contribution in [2.75, 3.05) is 6.61 Å². The molecule has 1 saturated heterocycles. The van der Waals surface area contributed by atoms with Crippen molar-refractivity contribution in [3.8, 4) is 0 Å². The van der Waals surface area contributed by atoms with Gasteiger partial charge in [-0.2, -0.15) is 0 Å². The van der Waals surface area contributed by atoms with E-state index in [0.717, 1.165) is 60.5 Å². The molecule has 1 aromatic carbocycles. The van der Waals surface area contributed by atoms with E-state index in [1.165, 1.54) is 0 Å². The minimum absolute atomic E-state index is 0.0530. The third-order valence-corrected chi connectivity index (χ3v) is 4.85. The molecule has 0 unspecified atom stereocenters. The van der Waals surface area contributed by atoms with Gasteiger partial charge in [-0.05, 0) is 38.3 Å². The van der Waals surface area contributed by atoms with Crippen LogP contribution >= 0.6 is 0 Å². The quantitative estimate of drug-likeness (QED) is 0.747. The van der Waals surface area contributed by atoms with Gasteiger partial charge in [0.25, 0.3) is 5.56 Å². The van der Waals surface area contributed by atoms with Crippen LogP contribution in [0.3, 0.4) is 0 Å². The fraction of sp³-hybridized carbons (Fsp3) is 0.444. The Balaban J connectivity index is 2.04. The van der Waals surface area contributed by atoms with E-state index in [1.54, 1.807) is 4.40 Å². The lowest BCUT2D eigenvalue weighted by Crippen LogP contribution is -2.27. The van der Waals surface area contributed by atoms with Gasteiger partial charge in [-0.25, -0.2) is 9.38 Å². The third-order valence-electron chi connectivity index (χ3n) is 4.85. The maximum absolute atomic E-state index is 12.9. The van der Waals surface area contributed by atoms with E-state index in [4.69, 9.17) is 9.72 Å². The molecule has 3 aromatic rings. The van der Waals surface area contributed by atoms with Gasteiger partial charge in [0.15, 0.2) is 0 Å². The van der Waals surface area contributed by atoms with Crippen LogP contribution in [0.5, 0.6) is 0 Å². The highest BCUT2D eigenvalue weighted by molar-refractivity contribution is 5.79. The third kappa shape index (κ3) is 2.18. The van der Waals surface area contributed by atoms with E-state index < -0.39 is 0 Å². The summed E-state index contributed by atoms with van der Waals surface area (Å²) in [5.74, 6) is 0.724. The molecule has 120 valence electrons. The van der Waals surface area contributed by atoms with Crippen LogP contribution in [0.4, 0.5) is 0 Å². The van der Waals surface area contributed by atoms with Crippen molar-refractivity contribution >= 4 is 16.8 Å². The molecule has 3 heterocycles. The summed E-state index contributed by atoms with van der Waals surface area (Å²) in [7, 11) is 0. The van der Waals surface area contributed by atoms with Crippen molar-refractivity contribution in [1.29, 1.82) is 0 Å². The summed E-state index contributed by atoms with van der Waals surface area (Å²) in [4.78, 5) is 17.6. The van der Waals surface area contributed by atoms with Crippen molar-refractivity contribution < 1.29 is 4.74 Å². The summed E-state index contributed by atoms with van der Waals surface area (Å²) in [6, 6.07) is 7.82. The van der Waals surface area contributed by atoms with Crippen LogP contribution in [-0.4, -0.2) is 26.7 Å². The number of aromatic nitrogens is 3. The number of rotatable bonds is 3. The highest BCUT2D eigenvalue weighted by atomic mass is 16.5. The predicted molar refractivity (Wildman–Crippen MR) is 90.0 cm³/mol. The van der Waals surface area contributed by atoms with E-state index in [-0.39, 0.29) is 11.7 Å². The zero-order valence-electron chi connectivity index (χ0n) is 13.6. The SMILES string of the molecule is CCc1c(C)n(C[C@@H]2CCCO2)c2nc3ccccc3n2c1=O. The van der Waals surface area contributed by atoms with Gasteiger partial charge in [0.1, 0.15) is 0 Å². The molecule has 1 aliphatic rings. The molecule has 0 radical (unpaired) electrons. The zero-order chi connectivity index (χ0) is 16.0. The van der Waals surface area contributed by atoms with Gasteiger partial charge >= 0.3 is 0 Å². The first-order valence-electron chi connectivity index (χ1n) is 8.31. The van der Waals surface area contributed by atoms with Crippen LogP contribution in [0.1, 0.15) is 31.0 Å². The molecule has 5 heteroatoms. The highest BCUT2D eigenvalue weighted by Crippen LogP contribution is 2.21. The Morgan fingerprint density at radius 1 is 1.35 bits per heavy atom. The second-order valence-corrected chi connectivity index (χ2v) is 6.20. The molecular formula is C18H21N3O2. The van der Waals surface area contributed by atoms with E-state index >= 15 is 0 Å². The molecule has 5 nitrogen and oxygen atoms in total. The molecule has 1 atom stereocenters. The average molecular weight is 311 g/mol. The Morgan fingerprint density at radius 3 is 2.91 bits per heavy atom. The second kappa shape index (κ2) is 5.49. The Kier molecular flexibility index (Phi) is 3.45. The first kappa shape index (κ1) is 14.5. The van der Waals surface area contributed by atoms with Crippen molar-refractivity contribution in [2.45, 2.75) is 45.8 Å². The average Bonchev–Trinajstić information content (AvgIpc) is 3.19. The molecule has 23 heavy (non-hydrogen) atoms. The second-order valence-electron chi connectivity index (χ2n) is 6.20. The van der Waals surface area contributed by atoms with Gasteiger partial charge in [0.2, 0.25) is 5.78 Å². The molecule has 0 spiro atoms. The van der Waals surface area contributed by atoms with Crippen molar-refractivity contribution in [3.05, 3.63) is 45.9 Å². The predicted octanol–water partition coefficient (Wildman–Crippen LogP) is 2.70.